The van der Waals surface area contributed by atoms with Crippen molar-refractivity contribution in [2.75, 3.05) is 6.54 Å². The van der Waals surface area contributed by atoms with Gasteiger partial charge in [-0.3, -0.25) is 9.59 Å². The Hall–Kier alpha value is -2.40. The van der Waals surface area contributed by atoms with Gasteiger partial charge >= 0.3 is 0 Å². The number of hydrogen-bond donors (Lipinski definition) is 1. The van der Waals surface area contributed by atoms with Crippen molar-refractivity contribution >= 4 is 23.4 Å². The normalized spacial score (nSPS) is 11.9. The summed E-state index contributed by atoms with van der Waals surface area (Å²) < 4.78 is 13.3. The Morgan fingerprint density at radius 3 is 2.38 bits per heavy atom. The van der Waals surface area contributed by atoms with Gasteiger partial charge < -0.3 is 10.2 Å². The third kappa shape index (κ3) is 7.17. The zero-order valence-electron chi connectivity index (χ0n) is 17.1. The number of rotatable bonds is 9. The Balaban J connectivity index is 2.25. The van der Waals surface area contributed by atoms with E-state index in [-0.39, 0.29) is 30.6 Å². The predicted molar refractivity (Wildman–Crippen MR) is 114 cm³/mol. The molecule has 1 unspecified atom stereocenters. The highest BCUT2D eigenvalue weighted by Gasteiger charge is 2.28. The lowest BCUT2D eigenvalue weighted by Crippen LogP contribution is -2.50. The molecule has 0 aliphatic rings. The summed E-state index contributed by atoms with van der Waals surface area (Å²) in [7, 11) is 0. The standard InChI is InChI=1S/C23H28ClFN2O2/c1-4-21(23(29)26-14-16(2)3)27(15-17-8-10-20(25)11-9-17)22(28)13-18-6-5-7-19(24)12-18/h5-12,16,21H,4,13-15H2,1-3H3,(H,26,29). The molecule has 0 heterocycles. The second-order valence-electron chi connectivity index (χ2n) is 7.52. The van der Waals surface area contributed by atoms with Crippen LogP contribution in [0.2, 0.25) is 5.02 Å². The minimum Gasteiger partial charge on any atom is -0.354 e. The van der Waals surface area contributed by atoms with Crippen LogP contribution in [0.15, 0.2) is 48.5 Å². The molecule has 6 heteroatoms. The molecule has 0 fully saturated rings. The van der Waals surface area contributed by atoms with E-state index >= 15 is 0 Å². The number of carbonyl (C=O) groups is 2. The summed E-state index contributed by atoms with van der Waals surface area (Å²) >= 11 is 6.04. The van der Waals surface area contributed by atoms with Crippen molar-refractivity contribution in [1.82, 2.24) is 10.2 Å². The molecule has 1 N–H and O–H groups in total. The Morgan fingerprint density at radius 1 is 1.10 bits per heavy atom. The number of nitrogens with zero attached hydrogens (tertiary/aromatic N) is 1. The van der Waals surface area contributed by atoms with Crippen LogP contribution in [-0.2, 0) is 22.6 Å². The molecule has 2 rings (SSSR count). The lowest BCUT2D eigenvalue weighted by atomic mass is 10.1. The first kappa shape index (κ1) is 22.9. The van der Waals surface area contributed by atoms with E-state index in [2.05, 4.69) is 5.32 Å². The van der Waals surface area contributed by atoms with Crippen molar-refractivity contribution in [3.63, 3.8) is 0 Å². The maximum atomic E-state index is 13.3. The van der Waals surface area contributed by atoms with Gasteiger partial charge in [0, 0.05) is 18.1 Å². The Bertz CT molecular complexity index is 824. The molecule has 0 aliphatic carbocycles. The van der Waals surface area contributed by atoms with Gasteiger partial charge in [-0.2, -0.15) is 0 Å². The average Bonchev–Trinajstić information content (AvgIpc) is 2.67. The molecule has 29 heavy (non-hydrogen) atoms. The lowest BCUT2D eigenvalue weighted by Gasteiger charge is -2.31. The van der Waals surface area contributed by atoms with E-state index in [1.165, 1.54) is 12.1 Å². The average molecular weight is 419 g/mol. The quantitative estimate of drug-likeness (QED) is 0.646. The first-order valence-electron chi connectivity index (χ1n) is 9.86. The summed E-state index contributed by atoms with van der Waals surface area (Å²) in [6.45, 7) is 6.68. The van der Waals surface area contributed by atoms with Gasteiger partial charge in [0.1, 0.15) is 11.9 Å². The summed E-state index contributed by atoms with van der Waals surface area (Å²) in [5.74, 6) is -0.387. The molecule has 2 aromatic carbocycles. The predicted octanol–water partition coefficient (Wildman–Crippen LogP) is 4.60. The molecule has 156 valence electrons. The van der Waals surface area contributed by atoms with Crippen molar-refractivity contribution in [1.29, 1.82) is 0 Å². The molecule has 0 saturated heterocycles. The molecule has 0 aromatic heterocycles. The van der Waals surface area contributed by atoms with Gasteiger partial charge in [0.2, 0.25) is 11.8 Å². The van der Waals surface area contributed by atoms with E-state index in [9.17, 15) is 14.0 Å². The highest BCUT2D eigenvalue weighted by Crippen LogP contribution is 2.17. The molecular formula is C23H28ClFN2O2. The van der Waals surface area contributed by atoms with Gasteiger partial charge in [-0.1, -0.05) is 56.6 Å². The topological polar surface area (TPSA) is 49.4 Å². The summed E-state index contributed by atoms with van der Waals surface area (Å²) in [6.07, 6.45) is 0.613. The molecule has 2 amide bonds. The molecule has 4 nitrogen and oxygen atoms in total. The maximum absolute atomic E-state index is 13.3. The molecule has 0 aliphatic heterocycles. The van der Waals surface area contributed by atoms with E-state index in [0.29, 0.717) is 23.9 Å². The van der Waals surface area contributed by atoms with Crippen molar-refractivity contribution in [2.24, 2.45) is 5.92 Å². The van der Waals surface area contributed by atoms with Crippen LogP contribution in [0, 0.1) is 11.7 Å². The third-order valence-corrected chi connectivity index (χ3v) is 4.82. The zero-order valence-corrected chi connectivity index (χ0v) is 17.9. The third-order valence-electron chi connectivity index (χ3n) is 4.58. The van der Waals surface area contributed by atoms with E-state index in [1.54, 1.807) is 35.2 Å². The van der Waals surface area contributed by atoms with Crippen LogP contribution in [0.25, 0.3) is 0 Å². The Morgan fingerprint density at radius 2 is 1.79 bits per heavy atom. The van der Waals surface area contributed by atoms with Crippen LogP contribution < -0.4 is 5.32 Å². The lowest BCUT2D eigenvalue weighted by molar-refractivity contribution is -0.141. The molecular weight excluding hydrogens is 391 g/mol. The highest BCUT2D eigenvalue weighted by atomic mass is 35.5. The molecule has 0 spiro atoms. The number of benzene rings is 2. The van der Waals surface area contributed by atoms with E-state index in [4.69, 9.17) is 11.6 Å². The fourth-order valence-electron chi connectivity index (χ4n) is 3.05. The van der Waals surface area contributed by atoms with Crippen LogP contribution in [0.3, 0.4) is 0 Å². The summed E-state index contributed by atoms with van der Waals surface area (Å²) in [5.41, 5.74) is 1.55. The molecule has 0 saturated carbocycles. The van der Waals surface area contributed by atoms with Crippen molar-refractivity contribution < 1.29 is 14.0 Å². The summed E-state index contributed by atoms with van der Waals surface area (Å²) in [5, 5.41) is 3.48. The fourth-order valence-corrected chi connectivity index (χ4v) is 3.26. The van der Waals surface area contributed by atoms with Crippen LogP contribution >= 0.6 is 11.6 Å². The van der Waals surface area contributed by atoms with Crippen molar-refractivity contribution in [3.05, 3.63) is 70.5 Å². The van der Waals surface area contributed by atoms with Gasteiger partial charge in [0.25, 0.3) is 0 Å². The van der Waals surface area contributed by atoms with E-state index in [1.807, 2.05) is 26.8 Å². The Labute approximate surface area is 177 Å². The number of nitrogens with one attached hydrogen (secondary N) is 1. The summed E-state index contributed by atoms with van der Waals surface area (Å²) in [4.78, 5) is 27.5. The number of hydrogen-bond acceptors (Lipinski definition) is 2. The highest BCUT2D eigenvalue weighted by molar-refractivity contribution is 6.30. The first-order chi connectivity index (χ1) is 13.8. The molecule has 0 radical (unpaired) electrons. The number of amides is 2. The molecule has 2 aromatic rings. The van der Waals surface area contributed by atoms with Crippen LogP contribution in [-0.4, -0.2) is 29.3 Å². The van der Waals surface area contributed by atoms with Gasteiger partial charge in [-0.25, -0.2) is 4.39 Å². The van der Waals surface area contributed by atoms with Gasteiger partial charge in [-0.05, 0) is 47.7 Å². The van der Waals surface area contributed by atoms with Crippen molar-refractivity contribution in [3.8, 4) is 0 Å². The van der Waals surface area contributed by atoms with Crippen LogP contribution in [0.5, 0.6) is 0 Å². The van der Waals surface area contributed by atoms with Gasteiger partial charge in [-0.15, -0.1) is 0 Å². The first-order valence-corrected chi connectivity index (χ1v) is 10.2. The zero-order chi connectivity index (χ0) is 21.4. The molecule has 0 bridgehead atoms. The summed E-state index contributed by atoms with van der Waals surface area (Å²) in [6, 6.07) is 12.5. The minimum absolute atomic E-state index is 0.135. The minimum atomic E-state index is -0.606. The second-order valence-corrected chi connectivity index (χ2v) is 7.95. The van der Waals surface area contributed by atoms with Crippen molar-refractivity contribution in [2.45, 2.75) is 46.2 Å². The number of carbonyl (C=O) groups excluding carboxylic acids is 2. The molecule has 1 atom stereocenters. The fraction of sp³-hybridized carbons (Fsp3) is 0.391. The van der Waals surface area contributed by atoms with E-state index in [0.717, 1.165) is 11.1 Å². The Kier molecular flexibility index (Phi) is 8.65. The van der Waals surface area contributed by atoms with Gasteiger partial charge in [0.15, 0.2) is 0 Å². The smallest absolute Gasteiger partial charge is 0.242 e. The largest absolute Gasteiger partial charge is 0.354 e. The van der Waals surface area contributed by atoms with Crippen LogP contribution in [0.4, 0.5) is 4.39 Å². The maximum Gasteiger partial charge on any atom is 0.242 e. The SMILES string of the molecule is CCC(C(=O)NCC(C)C)N(Cc1ccc(F)cc1)C(=O)Cc1cccc(Cl)c1. The van der Waals surface area contributed by atoms with E-state index < -0.39 is 6.04 Å². The van der Waals surface area contributed by atoms with Gasteiger partial charge in [0.05, 0.1) is 6.42 Å². The monoisotopic (exact) mass is 418 g/mol. The second kappa shape index (κ2) is 11.0. The van der Waals surface area contributed by atoms with Crippen LogP contribution in [0.1, 0.15) is 38.3 Å². The number of halogens is 2.